The first kappa shape index (κ1) is 21.4. The van der Waals surface area contributed by atoms with E-state index in [1.165, 1.54) is 13.1 Å². The Hall–Kier alpha value is -3.81. The van der Waals surface area contributed by atoms with Crippen molar-refractivity contribution in [3.63, 3.8) is 0 Å². The molecule has 0 spiro atoms. The first-order valence-corrected chi connectivity index (χ1v) is 10.5. The zero-order chi connectivity index (χ0) is 23.0. The molecule has 164 valence electrons. The summed E-state index contributed by atoms with van der Waals surface area (Å²) in [4.78, 5) is 64.4. The summed E-state index contributed by atoms with van der Waals surface area (Å²) < 4.78 is 0. The smallest absolute Gasteiger partial charge is 0.262 e. The molecule has 1 atom stereocenters. The number of fused-ring (bicyclic) bond motifs is 1. The summed E-state index contributed by atoms with van der Waals surface area (Å²) in [5.74, 6) is -2.23. The molecule has 1 fully saturated rings. The second-order valence-corrected chi connectivity index (χ2v) is 7.94. The number of imide groups is 2. The van der Waals surface area contributed by atoms with Gasteiger partial charge in [-0.25, -0.2) is 0 Å². The van der Waals surface area contributed by atoms with E-state index in [0.29, 0.717) is 11.1 Å². The summed E-state index contributed by atoms with van der Waals surface area (Å²) in [5.41, 5.74) is 2.75. The van der Waals surface area contributed by atoms with Gasteiger partial charge in [-0.05, 0) is 48.2 Å². The van der Waals surface area contributed by atoms with Crippen LogP contribution < -0.4 is 5.32 Å². The van der Waals surface area contributed by atoms with E-state index in [1.807, 2.05) is 19.1 Å². The quantitative estimate of drug-likeness (QED) is 0.726. The molecule has 0 aliphatic carbocycles. The van der Waals surface area contributed by atoms with Crippen molar-refractivity contribution < 1.29 is 24.0 Å². The molecule has 0 unspecified atom stereocenters. The summed E-state index contributed by atoms with van der Waals surface area (Å²) in [6, 6.07) is 11.1. The first-order chi connectivity index (χ1) is 15.3. The van der Waals surface area contributed by atoms with Crippen LogP contribution in [0.2, 0.25) is 0 Å². The number of likely N-dealkylation sites (tertiary alicyclic amines) is 1. The highest BCUT2D eigenvalue weighted by atomic mass is 16.2. The lowest BCUT2D eigenvalue weighted by Gasteiger charge is -2.32. The molecule has 1 N–H and O–H groups in total. The summed E-state index contributed by atoms with van der Waals surface area (Å²) in [5, 5.41) is 2.82. The van der Waals surface area contributed by atoms with E-state index in [0.717, 1.165) is 21.8 Å². The Morgan fingerprint density at radius 3 is 2.31 bits per heavy atom. The Kier molecular flexibility index (Phi) is 5.61. The summed E-state index contributed by atoms with van der Waals surface area (Å²) in [6.07, 6.45) is 1.10. The minimum absolute atomic E-state index is 0.0941. The number of nitrogens with zero attached hydrogens (tertiary/aromatic N) is 2. The van der Waals surface area contributed by atoms with Crippen molar-refractivity contribution >= 4 is 29.5 Å². The third kappa shape index (κ3) is 3.68. The summed E-state index contributed by atoms with van der Waals surface area (Å²) >= 11 is 0. The van der Waals surface area contributed by atoms with Gasteiger partial charge in [-0.15, -0.1) is 0 Å². The fourth-order valence-electron chi connectivity index (χ4n) is 4.01. The SMILES string of the molecule is CCc1ccc(C(=O)NCc2ccc3c(c2)C(=O)N([C@H]2CCC(=O)N(C)C2=O)C3=O)cc1. The van der Waals surface area contributed by atoms with Gasteiger partial charge in [0.1, 0.15) is 6.04 Å². The summed E-state index contributed by atoms with van der Waals surface area (Å²) in [6.45, 7) is 2.22. The second kappa shape index (κ2) is 8.37. The molecule has 4 rings (SSSR count). The van der Waals surface area contributed by atoms with Gasteiger partial charge in [-0.1, -0.05) is 25.1 Å². The third-order valence-electron chi connectivity index (χ3n) is 5.99. The maximum absolute atomic E-state index is 13.0. The monoisotopic (exact) mass is 433 g/mol. The Labute approximate surface area is 185 Å². The van der Waals surface area contributed by atoms with E-state index in [4.69, 9.17) is 0 Å². The average Bonchev–Trinajstić information content (AvgIpc) is 3.05. The number of piperidine rings is 1. The number of nitrogens with one attached hydrogen (secondary N) is 1. The molecule has 1 saturated heterocycles. The Morgan fingerprint density at radius 1 is 0.969 bits per heavy atom. The number of aryl methyl sites for hydroxylation is 1. The number of benzene rings is 2. The van der Waals surface area contributed by atoms with Crippen LogP contribution in [0.15, 0.2) is 42.5 Å². The van der Waals surface area contributed by atoms with Gasteiger partial charge in [-0.2, -0.15) is 0 Å². The molecule has 2 heterocycles. The molecular weight excluding hydrogens is 410 g/mol. The van der Waals surface area contributed by atoms with Crippen LogP contribution in [-0.4, -0.2) is 52.4 Å². The fourth-order valence-corrected chi connectivity index (χ4v) is 4.01. The van der Waals surface area contributed by atoms with Crippen molar-refractivity contribution in [1.82, 2.24) is 15.1 Å². The number of hydrogen-bond donors (Lipinski definition) is 1. The van der Waals surface area contributed by atoms with Gasteiger partial charge >= 0.3 is 0 Å². The second-order valence-electron chi connectivity index (χ2n) is 7.94. The van der Waals surface area contributed by atoms with Crippen LogP contribution in [0.5, 0.6) is 0 Å². The van der Waals surface area contributed by atoms with E-state index in [1.54, 1.807) is 24.3 Å². The largest absolute Gasteiger partial charge is 0.348 e. The first-order valence-electron chi connectivity index (χ1n) is 10.5. The zero-order valence-corrected chi connectivity index (χ0v) is 17.9. The van der Waals surface area contributed by atoms with E-state index < -0.39 is 23.8 Å². The van der Waals surface area contributed by atoms with Crippen LogP contribution in [0.25, 0.3) is 0 Å². The molecular formula is C24H23N3O5. The lowest BCUT2D eigenvalue weighted by molar-refractivity contribution is -0.149. The van der Waals surface area contributed by atoms with E-state index in [9.17, 15) is 24.0 Å². The number of carbonyl (C=O) groups excluding carboxylic acids is 5. The fraction of sp³-hybridized carbons (Fsp3) is 0.292. The molecule has 8 nitrogen and oxygen atoms in total. The van der Waals surface area contributed by atoms with Crippen LogP contribution in [0.3, 0.4) is 0 Å². The van der Waals surface area contributed by atoms with Crippen LogP contribution >= 0.6 is 0 Å². The van der Waals surface area contributed by atoms with Crippen LogP contribution in [0.1, 0.15) is 62.0 Å². The molecule has 8 heteroatoms. The summed E-state index contributed by atoms with van der Waals surface area (Å²) in [7, 11) is 1.35. The van der Waals surface area contributed by atoms with E-state index in [2.05, 4.69) is 5.32 Å². The lowest BCUT2D eigenvalue weighted by atomic mass is 10.0. The van der Waals surface area contributed by atoms with Crippen molar-refractivity contribution in [1.29, 1.82) is 0 Å². The standard InChI is InChI=1S/C24H23N3O5/c1-3-14-4-7-16(8-5-14)21(29)25-13-15-6-9-17-18(12-15)23(31)27(22(17)30)19-10-11-20(28)26(2)24(19)32/h4-9,12,19H,3,10-11,13H2,1-2H3,(H,25,29)/t19-/m0/s1. The number of hydrogen-bond acceptors (Lipinski definition) is 5. The van der Waals surface area contributed by atoms with E-state index >= 15 is 0 Å². The molecule has 2 aliphatic heterocycles. The predicted molar refractivity (Wildman–Crippen MR) is 115 cm³/mol. The van der Waals surface area contributed by atoms with Gasteiger partial charge in [0.15, 0.2) is 0 Å². The Morgan fingerprint density at radius 2 is 1.62 bits per heavy atom. The topological polar surface area (TPSA) is 104 Å². The molecule has 0 aromatic heterocycles. The molecule has 5 amide bonds. The Bertz CT molecular complexity index is 1140. The van der Waals surface area contributed by atoms with Crippen LogP contribution in [-0.2, 0) is 22.6 Å². The highest BCUT2D eigenvalue weighted by molar-refractivity contribution is 6.23. The number of rotatable bonds is 5. The maximum Gasteiger partial charge on any atom is 0.262 e. The van der Waals surface area contributed by atoms with Gasteiger partial charge in [-0.3, -0.25) is 33.8 Å². The Balaban J connectivity index is 1.48. The highest BCUT2D eigenvalue weighted by Gasteiger charge is 2.46. The predicted octanol–water partition coefficient (Wildman–Crippen LogP) is 1.92. The van der Waals surface area contributed by atoms with Gasteiger partial charge in [0.2, 0.25) is 5.91 Å². The van der Waals surface area contributed by atoms with Crippen molar-refractivity contribution in [2.45, 2.75) is 38.8 Å². The minimum Gasteiger partial charge on any atom is -0.348 e. The number of likely N-dealkylation sites (N-methyl/N-ethyl adjacent to an activating group) is 1. The molecule has 0 radical (unpaired) electrons. The average molecular weight is 433 g/mol. The van der Waals surface area contributed by atoms with E-state index in [-0.39, 0.29) is 42.3 Å². The molecule has 32 heavy (non-hydrogen) atoms. The van der Waals surface area contributed by atoms with Crippen molar-refractivity contribution in [3.8, 4) is 0 Å². The van der Waals surface area contributed by atoms with Gasteiger partial charge in [0.25, 0.3) is 23.6 Å². The normalized spacial score (nSPS) is 18.2. The van der Waals surface area contributed by atoms with Crippen molar-refractivity contribution in [2.24, 2.45) is 0 Å². The maximum atomic E-state index is 13.0. The van der Waals surface area contributed by atoms with Gasteiger partial charge in [0.05, 0.1) is 11.1 Å². The molecule has 0 bridgehead atoms. The van der Waals surface area contributed by atoms with Crippen LogP contribution in [0, 0.1) is 0 Å². The van der Waals surface area contributed by atoms with Crippen molar-refractivity contribution in [2.75, 3.05) is 7.05 Å². The molecule has 2 aromatic rings. The van der Waals surface area contributed by atoms with Gasteiger partial charge in [0, 0.05) is 25.6 Å². The number of amides is 5. The van der Waals surface area contributed by atoms with Gasteiger partial charge < -0.3 is 5.32 Å². The van der Waals surface area contributed by atoms with Crippen LogP contribution in [0.4, 0.5) is 0 Å². The molecule has 2 aliphatic rings. The number of carbonyl (C=O) groups is 5. The van der Waals surface area contributed by atoms with Crippen molar-refractivity contribution in [3.05, 3.63) is 70.3 Å². The molecule has 0 saturated carbocycles. The highest BCUT2D eigenvalue weighted by Crippen LogP contribution is 2.29. The zero-order valence-electron chi connectivity index (χ0n) is 17.9. The minimum atomic E-state index is -0.987. The third-order valence-corrected chi connectivity index (χ3v) is 5.99. The lowest BCUT2D eigenvalue weighted by Crippen LogP contribution is -2.54. The molecule has 2 aromatic carbocycles.